The summed E-state index contributed by atoms with van der Waals surface area (Å²) in [6.45, 7) is 4.14. The average molecular weight is 323 g/mol. The number of nitrogens with zero attached hydrogens (tertiary/aromatic N) is 2. The zero-order valence-electron chi connectivity index (χ0n) is 13.5. The Balaban J connectivity index is 1.49. The molecule has 0 aliphatic carbocycles. The Bertz CT molecular complexity index is 733. The van der Waals surface area contributed by atoms with Crippen LogP contribution in [0.2, 0.25) is 0 Å². The van der Waals surface area contributed by atoms with E-state index in [9.17, 15) is 4.79 Å². The van der Waals surface area contributed by atoms with E-state index in [0.717, 1.165) is 32.0 Å². The number of piperazine rings is 1. The molecule has 1 aliphatic rings. The van der Waals surface area contributed by atoms with Gasteiger partial charge < -0.3 is 10.2 Å². The zero-order chi connectivity index (χ0) is 16.8. The Hall–Kier alpha value is -2.91. The van der Waals surface area contributed by atoms with Crippen molar-refractivity contribution < 1.29 is 14.7 Å². The molecule has 2 aromatic rings. The van der Waals surface area contributed by atoms with E-state index in [1.807, 2.05) is 18.3 Å². The van der Waals surface area contributed by atoms with Crippen LogP contribution in [0.4, 0.5) is 11.5 Å². The van der Waals surface area contributed by atoms with Crippen LogP contribution in [-0.4, -0.2) is 38.6 Å². The molecule has 1 fully saturated rings. The smallest absolute Gasteiger partial charge is 0.279 e. The summed E-state index contributed by atoms with van der Waals surface area (Å²) in [7, 11) is 0. The summed E-state index contributed by atoms with van der Waals surface area (Å²) >= 11 is 0. The van der Waals surface area contributed by atoms with Gasteiger partial charge in [-0.05, 0) is 24.3 Å². The van der Waals surface area contributed by atoms with Gasteiger partial charge in [-0.1, -0.05) is 12.1 Å². The Labute approximate surface area is 141 Å². The molecule has 2 heterocycles. The summed E-state index contributed by atoms with van der Waals surface area (Å²) in [4.78, 5) is 19.0. The predicted octanol–water partition coefficient (Wildman–Crippen LogP) is -0.284. The average Bonchev–Trinajstić information content (AvgIpc) is 2.63. The van der Waals surface area contributed by atoms with Crippen molar-refractivity contribution in [3.63, 3.8) is 0 Å². The normalized spacial score (nSPS) is 14.9. The lowest BCUT2D eigenvalue weighted by Crippen LogP contribution is -3.15. The van der Waals surface area contributed by atoms with Crippen LogP contribution in [-0.2, 0) is 4.79 Å². The second-order valence-electron chi connectivity index (χ2n) is 5.90. The molecule has 122 valence electrons. The number of aromatic amines is 1. The van der Waals surface area contributed by atoms with E-state index in [-0.39, 0.29) is 5.91 Å². The fraction of sp³-hybridized carbons (Fsp3) is 0.278. The van der Waals surface area contributed by atoms with Gasteiger partial charge in [0.15, 0.2) is 6.54 Å². The molecular weight excluding hydrogens is 302 g/mol. The monoisotopic (exact) mass is 323 g/mol. The van der Waals surface area contributed by atoms with E-state index in [4.69, 9.17) is 5.26 Å². The molecule has 6 nitrogen and oxygen atoms in total. The number of amides is 1. The molecular formula is C18H21N5O+2. The quantitative estimate of drug-likeness (QED) is 0.812. The molecule has 1 aromatic heterocycles. The van der Waals surface area contributed by atoms with Crippen molar-refractivity contribution in [2.75, 3.05) is 42.9 Å². The Morgan fingerprint density at radius 1 is 1.25 bits per heavy atom. The van der Waals surface area contributed by atoms with Gasteiger partial charge in [-0.3, -0.25) is 9.69 Å². The Morgan fingerprint density at radius 3 is 2.79 bits per heavy atom. The number of nitriles is 1. The van der Waals surface area contributed by atoms with Crippen molar-refractivity contribution in [1.29, 1.82) is 5.26 Å². The van der Waals surface area contributed by atoms with Crippen molar-refractivity contribution in [3.05, 3.63) is 54.2 Å². The SMILES string of the molecule is N#Cc1cccc(NC(=O)C[NH+]2CCN(c3cccc[nH+]3)CC2)c1. The van der Waals surface area contributed by atoms with E-state index >= 15 is 0 Å². The third-order valence-corrected chi connectivity index (χ3v) is 4.19. The molecule has 0 atom stereocenters. The standard InChI is InChI=1S/C18H19N5O/c19-13-15-4-3-5-16(12-15)21-18(24)14-22-8-10-23(11-9-22)17-6-1-2-7-20-17/h1-7,12H,8-11,14H2,(H,21,24)/p+2. The van der Waals surface area contributed by atoms with Crippen molar-refractivity contribution in [2.24, 2.45) is 0 Å². The predicted molar refractivity (Wildman–Crippen MR) is 90.6 cm³/mol. The molecule has 0 spiro atoms. The highest BCUT2D eigenvalue weighted by atomic mass is 16.2. The van der Waals surface area contributed by atoms with Gasteiger partial charge in [0.1, 0.15) is 26.2 Å². The number of aromatic nitrogens is 1. The van der Waals surface area contributed by atoms with E-state index in [0.29, 0.717) is 17.8 Å². The summed E-state index contributed by atoms with van der Waals surface area (Å²) in [6, 6.07) is 15.1. The molecule has 6 heteroatoms. The minimum Gasteiger partial charge on any atom is -0.321 e. The van der Waals surface area contributed by atoms with Gasteiger partial charge in [-0.15, -0.1) is 0 Å². The highest BCUT2D eigenvalue weighted by Crippen LogP contribution is 2.09. The van der Waals surface area contributed by atoms with Crippen LogP contribution in [0, 0.1) is 11.3 Å². The molecule has 0 unspecified atom stereocenters. The van der Waals surface area contributed by atoms with Gasteiger partial charge in [0, 0.05) is 11.8 Å². The van der Waals surface area contributed by atoms with E-state index < -0.39 is 0 Å². The molecule has 1 saturated heterocycles. The molecule has 0 saturated carbocycles. The first kappa shape index (κ1) is 16.0. The molecule has 3 N–H and O–H groups in total. The summed E-state index contributed by atoms with van der Waals surface area (Å²) in [5.74, 6) is 1.11. The number of pyridine rings is 1. The van der Waals surface area contributed by atoms with Crippen LogP contribution >= 0.6 is 0 Å². The van der Waals surface area contributed by atoms with Crippen molar-refractivity contribution in [3.8, 4) is 6.07 Å². The third-order valence-electron chi connectivity index (χ3n) is 4.19. The number of carbonyl (C=O) groups is 1. The molecule has 1 aliphatic heterocycles. The van der Waals surface area contributed by atoms with Crippen LogP contribution in [0.1, 0.15) is 5.56 Å². The number of rotatable bonds is 4. The lowest BCUT2D eigenvalue weighted by molar-refractivity contribution is -0.892. The maximum atomic E-state index is 12.2. The van der Waals surface area contributed by atoms with Gasteiger partial charge in [-0.25, -0.2) is 4.98 Å². The largest absolute Gasteiger partial charge is 0.321 e. The van der Waals surface area contributed by atoms with Crippen LogP contribution in [0.15, 0.2) is 48.7 Å². The zero-order valence-corrected chi connectivity index (χ0v) is 13.5. The van der Waals surface area contributed by atoms with E-state index in [2.05, 4.69) is 27.3 Å². The summed E-state index contributed by atoms with van der Waals surface area (Å²) in [6.07, 6.45) is 1.93. The fourth-order valence-corrected chi connectivity index (χ4v) is 2.92. The van der Waals surface area contributed by atoms with Crippen LogP contribution < -0.4 is 20.1 Å². The number of benzene rings is 1. The Kier molecular flexibility index (Phi) is 5.04. The maximum absolute atomic E-state index is 12.2. The van der Waals surface area contributed by atoms with E-state index in [1.165, 1.54) is 4.90 Å². The second kappa shape index (κ2) is 7.57. The topological polar surface area (TPSA) is 74.7 Å². The summed E-state index contributed by atoms with van der Waals surface area (Å²) in [5, 5.41) is 11.8. The van der Waals surface area contributed by atoms with E-state index in [1.54, 1.807) is 24.3 Å². The van der Waals surface area contributed by atoms with Gasteiger partial charge >= 0.3 is 0 Å². The fourth-order valence-electron chi connectivity index (χ4n) is 2.92. The minimum atomic E-state index is -0.0141. The number of hydrogen-bond donors (Lipinski definition) is 2. The molecule has 0 radical (unpaired) electrons. The summed E-state index contributed by atoms with van der Waals surface area (Å²) < 4.78 is 0. The molecule has 1 aromatic carbocycles. The van der Waals surface area contributed by atoms with Crippen LogP contribution in [0.3, 0.4) is 0 Å². The first-order valence-corrected chi connectivity index (χ1v) is 8.10. The van der Waals surface area contributed by atoms with Crippen molar-refractivity contribution >= 4 is 17.4 Å². The van der Waals surface area contributed by atoms with Crippen molar-refractivity contribution in [2.45, 2.75) is 0 Å². The molecule has 0 bridgehead atoms. The van der Waals surface area contributed by atoms with Gasteiger partial charge in [0.25, 0.3) is 11.7 Å². The second-order valence-corrected chi connectivity index (χ2v) is 5.90. The number of hydrogen-bond acceptors (Lipinski definition) is 3. The first-order chi connectivity index (χ1) is 11.7. The summed E-state index contributed by atoms with van der Waals surface area (Å²) in [5.41, 5.74) is 1.23. The lowest BCUT2D eigenvalue weighted by atomic mass is 10.2. The van der Waals surface area contributed by atoms with Gasteiger partial charge in [-0.2, -0.15) is 5.26 Å². The Morgan fingerprint density at radius 2 is 2.08 bits per heavy atom. The third kappa shape index (κ3) is 4.09. The molecule has 24 heavy (non-hydrogen) atoms. The minimum absolute atomic E-state index is 0.0141. The number of H-pyrrole nitrogens is 1. The van der Waals surface area contributed by atoms with Crippen LogP contribution in [0.5, 0.6) is 0 Å². The first-order valence-electron chi connectivity index (χ1n) is 8.10. The maximum Gasteiger partial charge on any atom is 0.279 e. The number of carbonyl (C=O) groups excluding carboxylic acids is 1. The molecule has 3 rings (SSSR count). The number of anilines is 2. The van der Waals surface area contributed by atoms with Crippen molar-refractivity contribution in [1.82, 2.24) is 0 Å². The van der Waals surface area contributed by atoms with Crippen LogP contribution in [0.25, 0.3) is 0 Å². The number of quaternary nitrogens is 1. The van der Waals surface area contributed by atoms with Gasteiger partial charge in [0.05, 0.1) is 17.8 Å². The number of nitrogens with one attached hydrogen (secondary N) is 3. The molecule has 1 amide bonds. The van der Waals surface area contributed by atoms with Gasteiger partial charge in [0.2, 0.25) is 0 Å². The highest BCUT2D eigenvalue weighted by Gasteiger charge is 2.27. The lowest BCUT2D eigenvalue weighted by Gasteiger charge is -2.27. The highest BCUT2D eigenvalue weighted by molar-refractivity contribution is 5.91.